The summed E-state index contributed by atoms with van der Waals surface area (Å²) < 4.78 is 11.5. The van der Waals surface area contributed by atoms with E-state index in [1.54, 1.807) is 12.1 Å². The van der Waals surface area contributed by atoms with Crippen LogP contribution in [0, 0.1) is 0 Å². The van der Waals surface area contributed by atoms with Crippen molar-refractivity contribution in [2.24, 2.45) is 0 Å². The molecule has 128 valence electrons. The van der Waals surface area contributed by atoms with Crippen LogP contribution in [0.1, 0.15) is 23.7 Å². The lowest BCUT2D eigenvalue weighted by Gasteiger charge is -2.14. The first-order valence-electron chi connectivity index (χ1n) is 7.26. The van der Waals surface area contributed by atoms with E-state index in [9.17, 15) is 9.90 Å². The Labute approximate surface area is 153 Å². The van der Waals surface area contributed by atoms with Crippen molar-refractivity contribution < 1.29 is 19.4 Å². The summed E-state index contributed by atoms with van der Waals surface area (Å²) in [5.41, 5.74) is 0.579. The van der Waals surface area contributed by atoms with E-state index in [1.165, 1.54) is 25.3 Å². The Hall–Kier alpha value is -1.92. The summed E-state index contributed by atoms with van der Waals surface area (Å²) in [5, 5.41) is 12.8. The fraction of sp³-hybridized carbons (Fsp3) is 0.235. The molecule has 1 amide bonds. The Morgan fingerprint density at radius 2 is 2.08 bits per heavy atom. The monoisotopic (exact) mass is 413 g/mol. The molecular formula is C17H17BrClNO4. The molecule has 0 unspecified atom stereocenters. The number of ether oxygens (including phenoxy) is 2. The molecule has 2 rings (SSSR count). The second-order valence-corrected chi connectivity index (χ2v) is 6.24. The van der Waals surface area contributed by atoms with Gasteiger partial charge in [-0.15, -0.1) is 0 Å². The molecule has 0 spiro atoms. The fourth-order valence-corrected chi connectivity index (χ4v) is 2.73. The molecule has 2 aromatic rings. The smallest absolute Gasteiger partial charge is 0.255 e. The lowest BCUT2D eigenvalue weighted by atomic mass is 10.1. The van der Waals surface area contributed by atoms with E-state index in [2.05, 4.69) is 21.2 Å². The fourth-order valence-electron chi connectivity index (χ4n) is 2.00. The zero-order valence-corrected chi connectivity index (χ0v) is 15.6. The van der Waals surface area contributed by atoms with Crippen molar-refractivity contribution in [2.45, 2.75) is 13.3 Å². The van der Waals surface area contributed by atoms with Crippen LogP contribution in [-0.4, -0.2) is 24.7 Å². The number of hydrogen-bond acceptors (Lipinski definition) is 4. The van der Waals surface area contributed by atoms with Crippen LogP contribution >= 0.6 is 27.5 Å². The van der Waals surface area contributed by atoms with Crippen molar-refractivity contribution in [2.75, 3.05) is 19.0 Å². The molecule has 0 radical (unpaired) electrons. The van der Waals surface area contributed by atoms with Gasteiger partial charge in [0.05, 0.1) is 23.9 Å². The predicted molar refractivity (Wildman–Crippen MR) is 97.6 cm³/mol. The van der Waals surface area contributed by atoms with Crippen molar-refractivity contribution in [3.05, 3.63) is 45.4 Å². The highest BCUT2D eigenvalue weighted by molar-refractivity contribution is 9.10. The van der Waals surface area contributed by atoms with Crippen LogP contribution in [0.5, 0.6) is 17.2 Å². The highest BCUT2D eigenvalue weighted by atomic mass is 79.9. The molecule has 0 saturated carbocycles. The number of benzene rings is 2. The van der Waals surface area contributed by atoms with Gasteiger partial charge in [-0.05, 0) is 52.7 Å². The summed E-state index contributed by atoms with van der Waals surface area (Å²) in [4.78, 5) is 12.4. The number of carbonyl (C=O) groups is 1. The van der Waals surface area contributed by atoms with Crippen LogP contribution in [0.3, 0.4) is 0 Å². The standard InChI is InChI=1S/C17H17BrClNO4/c1-3-6-24-16-12(18)7-10(8-15(16)23-2)17(22)20-13-9-11(19)4-5-14(13)21/h4-5,7-9,21H,3,6H2,1-2H3,(H,20,22). The first-order valence-corrected chi connectivity index (χ1v) is 8.43. The molecule has 2 N–H and O–H groups in total. The molecule has 0 bridgehead atoms. The van der Waals surface area contributed by atoms with Crippen molar-refractivity contribution >= 4 is 39.1 Å². The van der Waals surface area contributed by atoms with Gasteiger partial charge in [-0.25, -0.2) is 0 Å². The quantitative estimate of drug-likeness (QED) is 0.663. The van der Waals surface area contributed by atoms with Crippen LogP contribution in [-0.2, 0) is 0 Å². The molecule has 24 heavy (non-hydrogen) atoms. The maximum Gasteiger partial charge on any atom is 0.255 e. The Morgan fingerprint density at radius 1 is 1.33 bits per heavy atom. The molecule has 0 fully saturated rings. The Balaban J connectivity index is 2.29. The van der Waals surface area contributed by atoms with E-state index in [0.29, 0.717) is 33.2 Å². The summed E-state index contributed by atoms with van der Waals surface area (Å²) >= 11 is 9.28. The number of methoxy groups -OCH3 is 1. The normalized spacial score (nSPS) is 10.3. The van der Waals surface area contributed by atoms with Crippen LogP contribution < -0.4 is 14.8 Å². The van der Waals surface area contributed by atoms with Crippen LogP contribution in [0.15, 0.2) is 34.8 Å². The van der Waals surface area contributed by atoms with E-state index >= 15 is 0 Å². The van der Waals surface area contributed by atoms with Gasteiger partial charge in [-0.2, -0.15) is 0 Å². The number of phenols is 1. The average molecular weight is 415 g/mol. The van der Waals surface area contributed by atoms with Crippen LogP contribution in [0.25, 0.3) is 0 Å². The van der Waals surface area contributed by atoms with Gasteiger partial charge in [-0.3, -0.25) is 4.79 Å². The molecule has 0 aliphatic heterocycles. The van der Waals surface area contributed by atoms with Gasteiger partial charge in [0.15, 0.2) is 11.5 Å². The minimum absolute atomic E-state index is 0.0679. The predicted octanol–water partition coefficient (Wildman–Crippen LogP) is 4.86. The van der Waals surface area contributed by atoms with Crippen LogP contribution in [0.4, 0.5) is 5.69 Å². The Bertz CT molecular complexity index is 752. The van der Waals surface area contributed by atoms with Gasteiger partial charge in [0.1, 0.15) is 5.75 Å². The van der Waals surface area contributed by atoms with Gasteiger partial charge in [0.2, 0.25) is 0 Å². The molecule has 0 saturated heterocycles. The molecule has 0 heterocycles. The van der Waals surface area contributed by atoms with Crippen molar-refractivity contribution in [3.63, 3.8) is 0 Å². The first kappa shape index (κ1) is 18.4. The van der Waals surface area contributed by atoms with E-state index < -0.39 is 5.91 Å². The molecule has 0 aliphatic carbocycles. The van der Waals surface area contributed by atoms with Crippen molar-refractivity contribution in [1.29, 1.82) is 0 Å². The number of halogens is 2. The zero-order chi connectivity index (χ0) is 17.7. The number of aromatic hydroxyl groups is 1. The van der Waals surface area contributed by atoms with E-state index in [4.69, 9.17) is 21.1 Å². The van der Waals surface area contributed by atoms with Crippen molar-refractivity contribution in [3.8, 4) is 17.2 Å². The third kappa shape index (κ3) is 4.33. The third-order valence-corrected chi connectivity index (χ3v) is 3.97. The Kier molecular flexibility index (Phi) is 6.34. The summed E-state index contributed by atoms with van der Waals surface area (Å²) in [6, 6.07) is 7.62. The third-order valence-electron chi connectivity index (χ3n) is 3.15. The maximum atomic E-state index is 12.4. The van der Waals surface area contributed by atoms with Crippen LogP contribution in [0.2, 0.25) is 5.02 Å². The Morgan fingerprint density at radius 3 is 2.75 bits per heavy atom. The zero-order valence-electron chi connectivity index (χ0n) is 13.2. The molecule has 2 aromatic carbocycles. The lowest BCUT2D eigenvalue weighted by molar-refractivity contribution is 0.102. The number of phenolic OH excluding ortho intramolecular Hbond substituents is 1. The number of rotatable bonds is 6. The minimum Gasteiger partial charge on any atom is -0.506 e. The number of amides is 1. The lowest BCUT2D eigenvalue weighted by Crippen LogP contribution is -2.12. The number of nitrogens with one attached hydrogen (secondary N) is 1. The number of anilines is 1. The van der Waals surface area contributed by atoms with Gasteiger partial charge in [-0.1, -0.05) is 18.5 Å². The van der Waals surface area contributed by atoms with Gasteiger partial charge < -0.3 is 19.9 Å². The molecular weight excluding hydrogens is 398 g/mol. The van der Waals surface area contributed by atoms with Gasteiger partial charge >= 0.3 is 0 Å². The average Bonchev–Trinajstić information content (AvgIpc) is 2.56. The first-order chi connectivity index (χ1) is 11.5. The number of hydrogen-bond donors (Lipinski definition) is 2. The van der Waals surface area contributed by atoms with E-state index in [-0.39, 0.29) is 11.4 Å². The minimum atomic E-state index is -0.409. The summed E-state index contributed by atoms with van der Waals surface area (Å²) in [5.74, 6) is 0.509. The molecule has 0 atom stereocenters. The molecule has 0 aromatic heterocycles. The largest absolute Gasteiger partial charge is 0.506 e. The highest BCUT2D eigenvalue weighted by Gasteiger charge is 2.16. The maximum absolute atomic E-state index is 12.4. The number of carbonyl (C=O) groups excluding carboxylic acids is 1. The van der Waals surface area contributed by atoms with Gasteiger partial charge in [0, 0.05) is 10.6 Å². The molecule has 7 heteroatoms. The SMILES string of the molecule is CCCOc1c(Br)cc(C(=O)Nc2cc(Cl)ccc2O)cc1OC. The topological polar surface area (TPSA) is 67.8 Å². The summed E-state index contributed by atoms with van der Waals surface area (Å²) in [6.45, 7) is 2.54. The van der Waals surface area contributed by atoms with E-state index in [0.717, 1.165) is 6.42 Å². The summed E-state index contributed by atoms with van der Waals surface area (Å²) in [7, 11) is 1.51. The molecule has 0 aliphatic rings. The van der Waals surface area contributed by atoms with E-state index in [1.807, 2.05) is 6.92 Å². The summed E-state index contributed by atoms with van der Waals surface area (Å²) in [6.07, 6.45) is 0.853. The second kappa shape index (κ2) is 8.26. The van der Waals surface area contributed by atoms with Crippen molar-refractivity contribution in [1.82, 2.24) is 0 Å². The van der Waals surface area contributed by atoms with Gasteiger partial charge in [0.25, 0.3) is 5.91 Å². The molecule has 5 nitrogen and oxygen atoms in total. The highest BCUT2D eigenvalue weighted by Crippen LogP contribution is 2.37. The second-order valence-electron chi connectivity index (χ2n) is 4.95.